The highest BCUT2D eigenvalue weighted by Crippen LogP contribution is 2.44. The lowest BCUT2D eigenvalue weighted by atomic mass is 9.94. The van der Waals surface area contributed by atoms with Gasteiger partial charge in [0.2, 0.25) is 5.91 Å². The Hall–Kier alpha value is -4.14. The Morgan fingerprint density at radius 3 is 2.29 bits per heavy atom. The first-order valence-corrected chi connectivity index (χ1v) is 11.4. The maximum Gasteiger partial charge on any atom is 0.407 e. The number of nitrogens with one attached hydrogen (secondary N) is 3. The number of fused-ring (bicyclic) bond motifs is 3. The molecule has 182 valence electrons. The monoisotopic (exact) mass is 476 g/mol. The molecule has 9 nitrogen and oxygen atoms in total. The molecule has 0 fully saturated rings. The molecule has 1 heterocycles. The molecule has 0 bridgehead atoms. The average molecular weight is 477 g/mol. The van der Waals surface area contributed by atoms with E-state index in [2.05, 4.69) is 32.7 Å². The number of aromatic nitrogens is 2. The number of aliphatic carboxylic acids is 1. The molecular weight excluding hydrogens is 448 g/mol. The number of nitrogens with zero attached hydrogens (tertiary/aromatic N) is 1. The zero-order valence-corrected chi connectivity index (χ0v) is 19.6. The first-order valence-electron chi connectivity index (χ1n) is 11.4. The molecule has 4 rings (SSSR count). The maximum absolute atomic E-state index is 12.9. The molecule has 0 aliphatic heterocycles. The van der Waals surface area contributed by atoms with Crippen LogP contribution in [0, 0.1) is 5.41 Å². The number of rotatable bonds is 9. The van der Waals surface area contributed by atoms with Gasteiger partial charge in [0.1, 0.15) is 12.6 Å². The van der Waals surface area contributed by atoms with Gasteiger partial charge in [-0.2, -0.15) is 0 Å². The maximum atomic E-state index is 12.9. The number of carbonyl (C=O) groups excluding carboxylic acids is 2. The van der Waals surface area contributed by atoms with Gasteiger partial charge in [-0.05, 0) is 36.1 Å². The number of carboxylic acids is 1. The summed E-state index contributed by atoms with van der Waals surface area (Å²) in [5, 5.41) is 14.5. The Kier molecular flexibility index (Phi) is 6.86. The molecule has 0 radical (unpaired) electrons. The quantitative estimate of drug-likeness (QED) is 0.375. The van der Waals surface area contributed by atoms with Gasteiger partial charge in [0.15, 0.2) is 0 Å². The first kappa shape index (κ1) is 24.0. The third-order valence-electron chi connectivity index (χ3n) is 6.21. The molecule has 1 aliphatic rings. The molecule has 35 heavy (non-hydrogen) atoms. The highest BCUT2D eigenvalue weighted by atomic mass is 16.5. The smallest absolute Gasteiger partial charge is 0.407 e. The van der Waals surface area contributed by atoms with E-state index in [9.17, 15) is 19.5 Å². The fraction of sp³-hybridized carbons (Fsp3) is 0.308. The number of aromatic amines is 1. The van der Waals surface area contributed by atoms with E-state index in [-0.39, 0.29) is 25.5 Å². The normalized spacial score (nSPS) is 13.4. The van der Waals surface area contributed by atoms with E-state index in [0.717, 1.165) is 22.3 Å². The van der Waals surface area contributed by atoms with Crippen molar-refractivity contribution < 1.29 is 24.2 Å². The fourth-order valence-corrected chi connectivity index (χ4v) is 4.11. The van der Waals surface area contributed by atoms with Crippen LogP contribution in [-0.4, -0.2) is 52.2 Å². The van der Waals surface area contributed by atoms with Crippen LogP contribution in [0.25, 0.3) is 11.1 Å². The molecule has 0 saturated carbocycles. The van der Waals surface area contributed by atoms with Crippen LogP contribution in [-0.2, 0) is 20.7 Å². The van der Waals surface area contributed by atoms with Crippen LogP contribution in [0.15, 0.2) is 61.1 Å². The van der Waals surface area contributed by atoms with E-state index in [1.165, 1.54) is 20.2 Å². The highest BCUT2D eigenvalue weighted by Gasteiger charge is 2.31. The molecule has 2 aromatic carbocycles. The van der Waals surface area contributed by atoms with Crippen molar-refractivity contribution in [2.45, 2.75) is 32.2 Å². The summed E-state index contributed by atoms with van der Waals surface area (Å²) >= 11 is 0. The summed E-state index contributed by atoms with van der Waals surface area (Å²) in [5.41, 5.74) is 3.90. The lowest BCUT2D eigenvalue weighted by Gasteiger charge is -2.23. The van der Waals surface area contributed by atoms with Gasteiger partial charge in [-0.3, -0.25) is 9.59 Å². The lowest BCUT2D eigenvalue weighted by molar-refractivity contribution is -0.146. The van der Waals surface area contributed by atoms with Crippen LogP contribution in [0.2, 0.25) is 0 Å². The van der Waals surface area contributed by atoms with Crippen molar-refractivity contribution in [2.24, 2.45) is 5.41 Å². The molecule has 3 aromatic rings. The number of imidazole rings is 1. The van der Waals surface area contributed by atoms with Gasteiger partial charge in [-0.1, -0.05) is 48.5 Å². The summed E-state index contributed by atoms with van der Waals surface area (Å²) in [7, 11) is 0. The number of carbonyl (C=O) groups is 3. The van der Waals surface area contributed by atoms with Gasteiger partial charge >= 0.3 is 12.1 Å². The van der Waals surface area contributed by atoms with E-state index in [1.807, 2.05) is 36.4 Å². The SMILES string of the molecule is CC(C)(CNC(=O)[C@H](Cc1cnc[nH]1)NC(=O)OCC1c2ccccc2-c2ccccc21)C(=O)O. The second-order valence-electron chi connectivity index (χ2n) is 9.21. The topological polar surface area (TPSA) is 133 Å². The summed E-state index contributed by atoms with van der Waals surface area (Å²) in [6, 6.07) is 15.1. The Morgan fingerprint density at radius 1 is 1.09 bits per heavy atom. The third-order valence-corrected chi connectivity index (χ3v) is 6.21. The molecule has 1 atom stereocenters. The highest BCUT2D eigenvalue weighted by molar-refractivity contribution is 5.86. The van der Waals surface area contributed by atoms with Gasteiger partial charge in [0, 0.05) is 30.8 Å². The Morgan fingerprint density at radius 2 is 1.71 bits per heavy atom. The first-order chi connectivity index (χ1) is 16.8. The van der Waals surface area contributed by atoms with Crippen LogP contribution in [0.3, 0.4) is 0 Å². The van der Waals surface area contributed by atoms with Gasteiger partial charge < -0.3 is 25.5 Å². The average Bonchev–Trinajstić information content (AvgIpc) is 3.47. The second kappa shape index (κ2) is 10.0. The van der Waals surface area contributed by atoms with Crippen LogP contribution < -0.4 is 10.6 Å². The number of carboxylic acid groups (broad SMARTS) is 1. The van der Waals surface area contributed by atoms with Crippen LogP contribution >= 0.6 is 0 Å². The minimum atomic E-state index is -1.15. The second-order valence-corrected chi connectivity index (χ2v) is 9.21. The summed E-state index contributed by atoms with van der Waals surface area (Å²) in [4.78, 5) is 43.8. The summed E-state index contributed by atoms with van der Waals surface area (Å²) < 4.78 is 5.57. The van der Waals surface area contributed by atoms with Crippen molar-refractivity contribution in [3.05, 3.63) is 77.9 Å². The summed E-state index contributed by atoms with van der Waals surface area (Å²) in [6.07, 6.45) is 2.44. The van der Waals surface area contributed by atoms with Crippen molar-refractivity contribution in [3.8, 4) is 11.1 Å². The van der Waals surface area contributed by atoms with Gasteiger partial charge in [0.25, 0.3) is 0 Å². The third kappa shape index (κ3) is 5.34. The fourth-order valence-electron chi connectivity index (χ4n) is 4.11. The van der Waals surface area contributed by atoms with Gasteiger partial charge in [-0.25, -0.2) is 9.78 Å². The number of amides is 2. The van der Waals surface area contributed by atoms with Gasteiger partial charge in [-0.15, -0.1) is 0 Å². The largest absolute Gasteiger partial charge is 0.481 e. The molecule has 4 N–H and O–H groups in total. The summed E-state index contributed by atoms with van der Waals surface area (Å²) in [6.45, 7) is 3.05. The molecule has 0 spiro atoms. The molecule has 1 aromatic heterocycles. The molecule has 9 heteroatoms. The van der Waals surface area contributed by atoms with Crippen LogP contribution in [0.5, 0.6) is 0 Å². The van der Waals surface area contributed by atoms with Crippen molar-refractivity contribution >= 4 is 18.0 Å². The van der Waals surface area contributed by atoms with E-state index in [1.54, 1.807) is 6.20 Å². The minimum absolute atomic E-state index is 0.0903. The summed E-state index contributed by atoms with van der Waals surface area (Å²) in [5.74, 6) is -1.65. The van der Waals surface area contributed by atoms with Crippen molar-refractivity contribution in [1.82, 2.24) is 20.6 Å². The van der Waals surface area contributed by atoms with E-state index >= 15 is 0 Å². The van der Waals surface area contributed by atoms with Crippen molar-refractivity contribution in [3.63, 3.8) is 0 Å². The minimum Gasteiger partial charge on any atom is -0.481 e. The predicted molar refractivity (Wildman–Crippen MR) is 129 cm³/mol. The number of benzene rings is 2. The zero-order valence-electron chi connectivity index (χ0n) is 19.6. The standard InChI is InChI=1S/C26H28N4O5/c1-26(2,24(32)33)14-28-23(31)22(11-16-12-27-15-29-16)30-25(34)35-13-21-19-9-5-3-7-17(19)18-8-4-6-10-20(18)21/h3-10,12,15,21-22H,11,13-14H2,1-2H3,(H,27,29)(H,28,31)(H,30,34)(H,32,33)/t22-/m0/s1. The molecule has 0 unspecified atom stereocenters. The van der Waals surface area contributed by atoms with E-state index < -0.39 is 29.4 Å². The van der Waals surface area contributed by atoms with E-state index in [4.69, 9.17) is 4.74 Å². The number of H-pyrrole nitrogens is 1. The molecular formula is C26H28N4O5. The Labute approximate surface area is 202 Å². The van der Waals surface area contributed by atoms with Crippen LogP contribution in [0.1, 0.15) is 36.6 Å². The molecule has 1 aliphatic carbocycles. The zero-order chi connectivity index (χ0) is 25.0. The van der Waals surface area contributed by atoms with Crippen molar-refractivity contribution in [1.29, 1.82) is 0 Å². The lowest BCUT2D eigenvalue weighted by Crippen LogP contribution is -2.51. The predicted octanol–water partition coefficient (Wildman–Crippen LogP) is 3.09. The van der Waals surface area contributed by atoms with Crippen molar-refractivity contribution in [2.75, 3.05) is 13.2 Å². The van der Waals surface area contributed by atoms with Gasteiger partial charge in [0.05, 0.1) is 11.7 Å². The Balaban J connectivity index is 1.43. The molecule has 2 amide bonds. The Bertz CT molecular complexity index is 1180. The van der Waals surface area contributed by atoms with E-state index in [0.29, 0.717) is 5.69 Å². The van der Waals surface area contributed by atoms with Crippen LogP contribution in [0.4, 0.5) is 4.79 Å². The number of hydrogen-bond acceptors (Lipinski definition) is 5. The molecule has 0 saturated heterocycles. The number of ether oxygens (including phenoxy) is 1. The number of alkyl carbamates (subject to hydrolysis) is 1. The number of hydrogen-bond donors (Lipinski definition) is 4.